The van der Waals surface area contributed by atoms with E-state index in [9.17, 15) is 12.8 Å². The van der Waals surface area contributed by atoms with Gasteiger partial charge in [-0.1, -0.05) is 18.5 Å². The minimum absolute atomic E-state index is 0.0327. The highest BCUT2D eigenvalue weighted by Crippen LogP contribution is 2.26. The fraction of sp³-hybridized carbons (Fsp3) is 0.250. The first kappa shape index (κ1) is 14.0. The minimum atomic E-state index is -3.39. The molecule has 0 radical (unpaired) electrons. The SMILES string of the molecule is CCS(=O)(=O)c1cc(-c2ccc(Cl)cc2F)nn1C. The van der Waals surface area contributed by atoms with E-state index in [1.165, 1.54) is 36.0 Å². The number of benzene rings is 1. The highest BCUT2D eigenvalue weighted by Gasteiger charge is 2.20. The molecule has 19 heavy (non-hydrogen) atoms. The first-order chi connectivity index (χ1) is 8.85. The van der Waals surface area contributed by atoms with Crippen LogP contribution in [0.15, 0.2) is 29.3 Å². The summed E-state index contributed by atoms with van der Waals surface area (Å²) in [5, 5.41) is 4.39. The summed E-state index contributed by atoms with van der Waals surface area (Å²) in [5.74, 6) is -0.569. The zero-order valence-corrected chi connectivity index (χ0v) is 12.0. The largest absolute Gasteiger partial charge is 0.257 e. The Labute approximate surface area is 115 Å². The van der Waals surface area contributed by atoms with Crippen LogP contribution in [0.1, 0.15) is 6.92 Å². The number of aromatic nitrogens is 2. The van der Waals surface area contributed by atoms with Gasteiger partial charge in [-0.2, -0.15) is 5.10 Å². The molecular formula is C12H12ClFN2O2S. The first-order valence-electron chi connectivity index (χ1n) is 5.57. The standard InChI is InChI=1S/C12H12ClFN2O2S/c1-3-19(17,18)12-7-11(15-16(12)2)9-5-4-8(13)6-10(9)14/h4-7H,3H2,1-2H3. The number of rotatable bonds is 3. The summed E-state index contributed by atoms with van der Waals surface area (Å²) in [5.41, 5.74) is 0.487. The molecular weight excluding hydrogens is 291 g/mol. The van der Waals surface area contributed by atoms with Gasteiger partial charge in [-0.3, -0.25) is 4.68 Å². The van der Waals surface area contributed by atoms with E-state index in [0.29, 0.717) is 0 Å². The number of halogens is 2. The average Bonchev–Trinajstić information content (AvgIpc) is 2.72. The quantitative estimate of drug-likeness (QED) is 0.876. The highest BCUT2D eigenvalue weighted by molar-refractivity contribution is 7.91. The van der Waals surface area contributed by atoms with Gasteiger partial charge >= 0.3 is 0 Å². The molecule has 1 aromatic heterocycles. The van der Waals surface area contributed by atoms with Crippen molar-refractivity contribution in [3.05, 3.63) is 35.1 Å². The topological polar surface area (TPSA) is 52.0 Å². The Bertz CT molecular complexity index is 725. The van der Waals surface area contributed by atoms with Crippen LogP contribution < -0.4 is 0 Å². The monoisotopic (exact) mass is 302 g/mol. The van der Waals surface area contributed by atoms with E-state index in [1.54, 1.807) is 6.92 Å². The maximum Gasteiger partial charge on any atom is 0.195 e. The van der Waals surface area contributed by atoms with E-state index in [-0.39, 0.29) is 27.1 Å². The van der Waals surface area contributed by atoms with Crippen LogP contribution in [0.3, 0.4) is 0 Å². The molecule has 0 aliphatic heterocycles. The van der Waals surface area contributed by atoms with Gasteiger partial charge in [-0.05, 0) is 18.2 Å². The lowest BCUT2D eigenvalue weighted by molar-refractivity contribution is 0.578. The van der Waals surface area contributed by atoms with Gasteiger partial charge in [0, 0.05) is 23.7 Å². The zero-order valence-electron chi connectivity index (χ0n) is 10.4. The molecule has 1 aromatic carbocycles. The Balaban J connectivity index is 2.57. The maximum atomic E-state index is 13.8. The zero-order chi connectivity index (χ0) is 14.2. The summed E-state index contributed by atoms with van der Waals surface area (Å²) < 4.78 is 38.7. The average molecular weight is 303 g/mol. The van der Waals surface area contributed by atoms with Crippen LogP contribution in [0, 0.1) is 5.82 Å². The normalized spacial score (nSPS) is 11.8. The molecule has 0 saturated carbocycles. The van der Waals surface area contributed by atoms with Gasteiger partial charge in [0.05, 0.1) is 11.4 Å². The van der Waals surface area contributed by atoms with Crippen molar-refractivity contribution < 1.29 is 12.8 Å². The van der Waals surface area contributed by atoms with Crippen molar-refractivity contribution in [3.63, 3.8) is 0 Å². The van der Waals surface area contributed by atoms with Crippen molar-refractivity contribution >= 4 is 21.4 Å². The van der Waals surface area contributed by atoms with Crippen molar-refractivity contribution in [2.45, 2.75) is 11.9 Å². The lowest BCUT2D eigenvalue weighted by Gasteiger charge is -1.99. The highest BCUT2D eigenvalue weighted by atomic mass is 35.5. The predicted molar refractivity (Wildman–Crippen MR) is 71.3 cm³/mol. The molecule has 1 heterocycles. The van der Waals surface area contributed by atoms with Gasteiger partial charge in [0.1, 0.15) is 5.82 Å². The minimum Gasteiger partial charge on any atom is -0.257 e. The third kappa shape index (κ3) is 2.64. The second kappa shape index (κ2) is 4.94. The molecule has 2 aromatic rings. The molecule has 0 unspecified atom stereocenters. The smallest absolute Gasteiger partial charge is 0.195 e. The molecule has 0 amide bonds. The van der Waals surface area contributed by atoms with Crippen LogP contribution in [0.25, 0.3) is 11.3 Å². The van der Waals surface area contributed by atoms with Gasteiger partial charge in [0.15, 0.2) is 14.9 Å². The number of hydrogen-bond acceptors (Lipinski definition) is 3. The first-order valence-corrected chi connectivity index (χ1v) is 7.60. The number of aryl methyl sites for hydroxylation is 1. The maximum absolute atomic E-state index is 13.8. The molecule has 7 heteroatoms. The molecule has 0 bridgehead atoms. The summed E-state index contributed by atoms with van der Waals surface area (Å²) in [6.45, 7) is 1.55. The Morgan fingerprint density at radius 2 is 2.05 bits per heavy atom. The van der Waals surface area contributed by atoms with Crippen LogP contribution in [0.4, 0.5) is 4.39 Å². The fourth-order valence-corrected chi connectivity index (χ4v) is 2.91. The second-order valence-electron chi connectivity index (χ2n) is 4.02. The van der Waals surface area contributed by atoms with Crippen LogP contribution in [0.5, 0.6) is 0 Å². The van der Waals surface area contributed by atoms with Crippen LogP contribution in [-0.4, -0.2) is 24.0 Å². The molecule has 2 rings (SSSR count). The summed E-state index contributed by atoms with van der Waals surface area (Å²) in [7, 11) is -1.87. The van der Waals surface area contributed by atoms with Gasteiger partial charge in [0.25, 0.3) is 0 Å². The molecule has 4 nitrogen and oxygen atoms in total. The molecule has 0 fully saturated rings. The van der Waals surface area contributed by atoms with Crippen molar-refractivity contribution in [2.24, 2.45) is 7.05 Å². The Morgan fingerprint density at radius 3 is 2.63 bits per heavy atom. The van der Waals surface area contributed by atoms with Gasteiger partial charge < -0.3 is 0 Å². The molecule has 0 spiro atoms. The molecule has 0 saturated heterocycles. The summed E-state index contributed by atoms with van der Waals surface area (Å²) >= 11 is 5.67. The Kier molecular flexibility index (Phi) is 3.64. The van der Waals surface area contributed by atoms with E-state index in [4.69, 9.17) is 11.6 Å². The molecule has 0 aliphatic carbocycles. The lowest BCUT2D eigenvalue weighted by atomic mass is 10.1. The van der Waals surface area contributed by atoms with E-state index in [0.717, 1.165) is 0 Å². The van der Waals surface area contributed by atoms with Gasteiger partial charge in [-0.15, -0.1) is 0 Å². The van der Waals surface area contributed by atoms with Crippen molar-refractivity contribution in [1.82, 2.24) is 9.78 Å². The fourth-order valence-electron chi connectivity index (χ4n) is 1.72. The lowest BCUT2D eigenvalue weighted by Crippen LogP contribution is -2.09. The van der Waals surface area contributed by atoms with Crippen LogP contribution >= 0.6 is 11.6 Å². The van der Waals surface area contributed by atoms with Crippen molar-refractivity contribution in [3.8, 4) is 11.3 Å². The van der Waals surface area contributed by atoms with Gasteiger partial charge in [-0.25, -0.2) is 12.8 Å². The van der Waals surface area contributed by atoms with Crippen molar-refractivity contribution in [2.75, 3.05) is 5.75 Å². The summed E-state index contributed by atoms with van der Waals surface area (Å²) in [6.07, 6.45) is 0. The predicted octanol–water partition coefficient (Wildman–Crippen LogP) is 2.67. The number of hydrogen-bond donors (Lipinski definition) is 0. The molecule has 0 N–H and O–H groups in total. The third-order valence-electron chi connectivity index (χ3n) is 2.74. The van der Waals surface area contributed by atoms with E-state index < -0.39 is 15.7 Å². The van der Waals surface area contributed by atoms with E-state index in [1.807, 2.05) is 0 Å². The van der Waals surface area contributed by atoms with Crippen LogP contribution in [-0.2, 0) is 16.9 Å². The van der Waals surface area contributed by atoms with Crippen molar-refractivity contribution in [1.29, 1.82) is 0 Å². The molecule has 0 aliphatic rings. The molecule has 102 valence electrons. The van der Waals surface area contributed by atoms with Crippen LogP contribution in [0.2, 0.25) is 5.02 Å². The van der Waals surface area contributed by atoms with E-state index >= 15 is 0 Å². The Hall–Kier alpha value is -1.40. The third-order valence-corrected chi connectivity index (χ3v) is 4.76. The Morgan fingerprint density at radius 1 is 1.37 bits per heavy atom. The van der Waals surface area contributed by atoms with E-state index in [2.05, 4.69) is 5.10 Å². The summed E-state index contributed by atoms with van der Waals surface area (Å²) in [4.78, 5) is 0. The number of nitrogens with zero attached hydrogens (tertiary/aromatic N) is 2. The second-order valence-corrected chi connectivity index (χ2v) is 6.68. The molecule has 0 atom stereocenters. The number of sulfone groups is 1. The summed E-state index contributed by atoms with van der Waals surface area (Å²) in [6, 6.07) is 5.54. The van der Waals surface area contributed by atoms with Gasteiger partial charge in [0.2, 0.25) is 0 Å².